The van der Waals surface area contributed by atoms with Crippen LogP contribution in [0.2, 0.25) is 0 Å². The maximum absolute atomic E-state index is 11.9. The first-order valence-electron chi connectivity index (χ1n) is 6.75. The van der Waals surface area contributed by atoms with Crippen molar-refractivity contribution in [2.45, 2.75) is 32.1 Å². The molecule has 5 heteroatoms. The molecule has 18 heavy (non-hydrogen) atoms. The Kier molecular flexibility index (Phi) is 4.58. The molecule has 1 N–H and O–H groups in total. The van der Waals surface area contributed by atoms with Crippen LogP contribution in [-0.4, -0.2) is 48.2 Å². The normalized spacial score (nSPS) is 28.3. The van der Waals surface area contributed by atoms with E-state index < -0.39 is 5.97 Å². The zero-order valence-corrected chi connectivity index (χ0v) is 10.6. The molecule has 0 saturated carbocycles. The molecule has 0 radical (unpaired) electrons. The highest BCUT2D eigenvalue weighted by Crippen LogP contribution is 2.21. The zero-order valence-electron chi connectivity index (χ0n) is 10.6. The lowest BCUT2D eigenvalue weighted by Gasteiger charge is -2.23. The molecule has 5 nitrogen and oxygen atoms in total. The highest BCUT2D eigenvalue weighted by atomic mass is 16.5. The third-order valence-corrected chi connectivity index (χ3v) is 3.91. The number of carbonyl (C=O) groups excluding carboxylic acids is 1. The molecule has 0 unspecified atom stereocenters. The molecular formula is C13H21NO4. The topological polar surface area (TPSA) is 66.8 Å². The van der Waals surface area contributed by atoms with Gasteiger partial charge in [-0.25, -0.2) is 0 Å². The second-order valence-corrected chi connectivity index (χ2v) is 5.29. The Labute approximate surface area is 107 Å². The number of hydrogen-bond acceptors (Lipinski definition) is 3. The van der Waals surface area contributed by atoms with E-state index in [1.807, 2.05) is 0 Å². The lowest BCUT2D eigenvalue weighted by atomic mass is 9.96. The van der Waals surface area contributed by atoms with Gasteiger partial charge in [-0.05, 0) is 31.6 Å². The Balaban J connectivity index is 1.70. The third-order valence-electron chi connectivity index (χ3n) is 3.91. The van der Waals surface area contributed by atoms with E-state index in [4.69, 9.17) is 9.84 Å². The summed E-state index contributed by atoms with van der Waals surface area (Å²) in [5, 5.41) is 8.89. The van der Waals surface area contributed by atoms with Crippen molar-refractivity contribution in [3.63, 3.8) is 0 Å². The van der Waals surface area contributed by atoms with Crippen molar-refractivity contribution >= 4 is 11.9 Å². The van der Waals surface area contributed by atoms with Gasteiger partial charge in [0.15, 0.2) is 0 Å². The van der Waals surface area contributed by atoms with Crippen LogP contribution in [-0.2, 0) is 14.3 Å². The van der Waals surface area contributed by atoms with Crippen LogP contribution in [0, 0.1) is 11.8 Å². The number of carboxylic acids is 1. The SMILES string of the molecule is O=C(O)[C@@H]1CCN(C(=O)CC[C@H]2CCCOC2)C1. The molecular weight excluding hydrogens is 234 g/mol. The van der Waals surface area contributed by atoms with E-state index in [1.54, 1.807) is 4.90 Å². The summed E-state index contributed by atoms with van der Waals surface area (Å²) < 4.78 is 5.39. The second kappa shape index (κ2) is 6.18. The van der Waals surface area contributed by atoms with E-state index >= 15 is 0 Å². The van der Waals surface area contributed by atoms with Crippen molar-refractivity contribution in [2.75, 3.05) is 26.3 Å². The minimum absolute atomic E-state index is 0.101. The van der Waals surface area contributed by atoms with Crippen molar-refractivity contribution in [1.82, 2.24) is 4.90 Å². The van der Waals surface area contributed by atoms with Crippen LogP contribution in [0.1, 0.15) is 32.1 Å². The summed E-state index contributed by atoms with van der Waals surface area (Å²) >= 11 is 0. The number of likely N-dealkylation sites (tertiary alicyclic amines) is 1. The molecule has 2 rings (SSSR count). The predicted octanol–water partition coefficient (Wildman–Crippen LogP) is 1.13. The van der Waals surface area contributed by atoms with Crippen LogP contribution in [0.15, 0.2) is 0 Å². The molecule has 1 amide bonds. The van der Waals surface area contributed by atoms with Crippen molar-refractivity contribution < 1.29 is 19.4 Å². The van der Waals surface area contributed by atoms with E-state index in [9.17, 15) is 9.59 Å². The molecule has 2 fully saturated rings. The van der Waals surface area contributed by atoms with E-state index in [1.165, 1.54) is 0 Å². The monoisotopic (exact) mass is 255 g/mol. The molecule has 0 aromatic heterocycles. The Morgan fingerprint density at radius 2 is 2.17 bits per heavy atom. The van der Waals surface area contributed by atoms with Crippen molar-refractivity contribution in [2.24, 2.45) is 11.8 Å². The summed E-state index contributed by atoms with van der Waals surface area (Å²) in [5.41, 5.74) is 0. The van der Waals surface area contributed by atoms with Gasteiger partial charge in [0.1, 0.15) is 0 Å². The maximum atomic E-state index is 11.9. The van der Waals surface area contributed by atoms with Crippen LogP contribution in [0.25, 0.3) is 0 Å². The fraction of sp³-hybridized carbons (Fsp3) is 0.846. The number of aliphatic carboxylic acids is 1. The van der Waals surface area contributed by atoms with Crippen molar-refractivity contribution in [1.29, 1.82) is 0 Å². The first-order valence-corrected chi connectivity index (χ1v) is 6.75. The number of nitrogens with zero attached hydrogens (tertiary/aromatic N) is 1. The van der Waals surface area contributed by atoms with Gasteiger partial charge in [0.2, 0.25) is 5.91 Å². The van der Waals surface area contributed by atoms with Crippen LogP contribution >= 0.6 is 0 Å². The number of ether oxygens (including phenoxy) is 1. The molecule has 0 aromatic carbocycles. The minimum atomic E-state index is -0.786. The molecule has 102 valence electrons. The Bertz CT molecular complexity index is 312. The maximum Gasteiger partial charge on any atom is 0.308 e. The molecule has 0 aromatic rings. The summed E-state index contributed by atoms with van der Waals surface area (Å²) in [6.07, 6.45) is 4.22. The van der Waals surface area contributed by atoms with Gasteiger partial charge in [-0.15, -0.1) is 0 Å². The predicted molar refractivity (Wildman–Crippen MR) is 65.1 cm³/mol. The standard InChI is InChI=1S/C13H21NO4/c15-12(4-3-10-2-1-7-18-9-10)14-6-5-11(8-14)13(16)17/h10-11H,1-9H2,(H,16,17)/t10-,11-/m1/s1. The lowest BCUT2D eigenvalue weighted by molar-refractivity contribution is -0.141. The van der Waals surface area contributed by atoms with Crippen LogP contribution < -0.4 is 0 Å². The van der Waals surface area contributed by atoms with E-state index in [2.05, 4.69) is 0 Å². The number of carboxylic acid groups (broad SMARTS) is 1. The average Bonchev–Trinajstić information content (AvgIpc) is 2.87. The highest BCUT2D eigenvalue weighted by Gasteiger charge is 2.30. The van der Waals surface area contributed by atoms with Crippen molar-refractivity contribution in [3.05, 3.63) is 0 Å². The largest absolute Gasteiger partial charge is 0.481 e. The molecule has 2 saturated heterocycles. The first kappa shape index (κ1) is 13.3. The quantitative estimate of drug-likeness (QED) is 0.817. The smallest absolute Gasteiger partial charge is 0.308 e. The zero-order chi connectivity index (χ0) is 13.0. The summed E-state index contributed by atoms with van der Waals surface area (Å²) in [5.74, 6) is -0.553. The van der Waals surface area contributed by atoms with Crippen LogP contribution in [0.3, 0.4) is 0 Å². The Morgan fingerprint density at radius 1 is 1.33 bits per heavy atom. The van der Waals surface area contributed by atoms with Gasteiger partial charge in [-0.2, -0.15) is 0 Å². The molecule has 0 bridgehead atoms. The summed E-state index contributed by atoms with van der Waals surface area (Å²) in [6.45, 7) is 2.59. The van der Waals surface area contributed by atoms with Gasteiger partial charge >= 0.3 is 5.97 Å². The van der Waals surface area contributed by atoms with Gasteiger partial charge in [0.25, 0.3) is 0 Å². The molecule has 2 heterocycles. The second-order valence-electron chi connectivity index (χ2n) is 5.29. The lowest BCUT2D eigenvalue weighted by Crippen LogP contribution is -2.30. The van der Waals surface area contributed by atoms with E-state index in [0.29, 0.717) is 31.8 Å². The van der Waals surface area contributed by atoms with Gasteiger partial charge in [-0.3, -0.25) is 9.59 Å². The molecule has 2 atom stereocenters. The summed E-state index contributed by atoms with van der Waals surface area (Å²) in [4.78, 5) is 24.5. The molecule has 0 aliphatic carbocycles. The average molecular weight is 255 g/mol. The summed E-state index contributed by atoms with van der Waals surface area (Å²) in [7, 11) is 0. The fourth-order valence-electron chi connectivity index (χ4n) is 2.71. The van der Waals surface area contributed by atoms with E-state index in [-0.39, 0.29) is 11.8 Å². The molecule has 2 aliphatic rings. The highest BCUT2D eigenvalue weighted by molar-refractivity contribution is 5.78. The van der Waals surface area contributed by atoms with Gasteiger partial charge in [0.05, 0.1) is 5.92 Å². The van der Waals surface area contributed by atoms with E-state index in [0.717, 1.165) is 32.5 Å². The number of carbonyl (C=O) groups is 2. The molecule has 2 aliphatic heterocycles. The molecule has 0 spiro atoms. The third kappa shape index (κ3) is 3.45. The van der Waals surface area contributed by atoms with Gasteiger partial charge in [-0.1, -0.05) is 0 Å². The Hall–Kier alpha value is -1.10. The first-order chi connectivity index (χ1) is 8.66. The minimum Gasteiger partial charge on any atom is -0.481 e. The van der Waals surface area contributed by atoms with Gasteiger partial charge in [0, 0.05) is 32.7 Å². The van der Waals surface area contributed by atoms with Gasteiger partial charge < -0.3 is 14.7 Å². The fourth-order valence-corrected chi connectivity index (χ4v) is 2.71. The van der Waals surface area contributed by atoms with Crippen LogP contribution in [0.4, 0.5) is 0 Å². The van der Waals surface area contributed by atoms with Crippen LogP contribution in [0.5, 0.6) is 0 Å². The number of amides is 1. The Morgan fingerprint density at radius 3 is 2.78 bits per heavy atom. The number of hydrogen-bond donors (Lipinski definition) is 1. The number of rotatable bonds is 4. The van der Waals surface area contributed by atoms with Crippen molar-refractivity contribution in [3.8, 4) is 0 Å². The summed E-state index contributed by atoms with van der Waals surface area (Å²) in [6, 6.07) is 0.